The third kappa shape index (κ3) is 4.73. The van der Waals surface area contributed by atoms with E-state index in [0.717, 1.165) is 5.56 Å². The van der Waals surface area contributed by atoms with Crippen molar-refractivity contribution in [3.63, 3.8) is 0 Å². The first-order valence-corrected chi connectivity index (χ1v) is 12.8. The Balaban J connectivity index is 1.53. The molecule has 1 amide bonds. The van der Waals surface area contributed by atoms with Gasteiger partial charge in [0.15, 0.2) is 4.34 Å². The van der Waals surface area contributed by atoms with E-state index in [1.54, 1.807) is 24.3 Å². The summed E-state index contributed by atoms with van der Waals surface area (Å²) < 4.78 is 0.676. The Morgan fingerprint density at radius 2 is 1.60 bits per heavy atom. The van der Waals surface area contributed by atoms with Gasteiger partial charge in [0.25, 0.3) is 5.78 Å². The molecule has 1 aromatic heterocycles. The lowest BCUT2D eigenvalue weighted by molar-refractivity contribution is -0.132. The molecule has 35 heavy (non-hydrogen) atoms. The zero-order valence-corrected chi connectivity index (χ0v) is 20.6. The Kier molecular flexibility index (Phi) is 6.68. The SMILES string of the molecule is O=C1C(=O)N(c2nnc(SCc3ccccc3)s2)C(c2ccccc2)/C1=C(\O)c1ccc(Cl)cc1. The summed E-state index contributed by atoms with van der Waals surface area (Å²) in [5, 5.41) is 20.4. The van der Waals surface area contributed by atoms with Crippen molar-refractivity contribution in [2.75, 3.05) is 4.90 Å². The molecule has 0 radical (unpaired) electrons. The van der Waals surface area contributed by atoms with E-state index in [0.29, 0.717) is 31.4 Å². The molecule has 4 aromatic rings. The number of hydrogen-bond acceptors (Lipinski definition) is 7. The van der Waals surface area contributed by atoms with Crippen LogP contribution in [0.2, 0.25) is 5.02 Å². The van der Waals surface area contributed by atoms with E-state index in [-0.39, 0.29) is 11.3 Å². The van der Waals surface area contributed by atoms with E-state index in [9.17, 15) is 14.7 Å². The van der Waals surface area contributed by atoms with Crippen LogP contribution in [-0.4, -0.2) is 27.0 Å². The molecule has 0 spiro atoms. The first kappa shape index (κ1) is 23.3. The summed E-state index contributed by atoms with van der Waals surface area (Å²) in [7, 11) is 0. The number of rotatable bonds is 6. The van der Waals surface area contributed by atoms with Crippen molar-refractivity contribution in [2.45, 2.75) is 16.1 Å². The molecular formula is C26H18ClN3O3S2. The van der Waals surface area contributed by atoms with Crippen molar-refractivity contribution in [3.05, 3.63) is 112 Å². The van der Waals surface area contributed by atoms with Gasteiger partial charge in [-0.15, -0.1) is 10.2 Å². The number of carbonyl (C=O) groups excluding carboxylic acids is 2. The molecule has 0 aliphatic carbocycles. The van der Waals surface area contributed by atoms with Crippen LogP contribution in [0.3, 0.4) is 0 Å². The molecule has 0 bridgehead atoms. The third-order valence-electron chi connectivity index (χ3n) is 5.48. The topological polar surface area (TPSA) is 83.4 Å². The molecule has 1 aliphatic rings. The largest absolute Gasteiger partial charge is 0.507 e. The third-order valence-corrected chi connectivity index (χ3v) is 7.86. The van der Waals surface area contributed by atoms with E-state index in [4.69, 9.17) is 11.6 Å². The van der Waals surface area contributed by atoms with Gasteiger partial charge in [0, 0.05) is 16.3 Å². The Labute approximate surface area is 214 Å². The highest BCUT2D eigenvalue weighted by molar-refractivity contribution is 8.00. The summed E-state index contributed by atoms with van der Waals surface area (Å²) >= 11 is 8.72. The first-order chi connectivity index (χ1) is 17.0. The maximum Gasteiger partial charge on any atom is 0.301 e. The summed E-state index contributed by atoms with van der Waals surface area (Å²) in [6.45, 7) is 0. The highest BCUT2D eigenvalue weighted by Gasteiger charge is 2.48. The normalized spacial score (nSPS) is 17.2. The summed E-state index contributed by atoms with van der Waals surface area (Å²) in [6.07, 6.45) is 0. The number of ketones is 1. The van der Waals surface area contributed by atoms with Crippen LogP contribution in [-0.2, 0) is 15.3 Å². The van der Waals surface area contributed by atoms with E-state index in [2.05, 4.69) is 10.2 Å². The molecule has 1 atom stereocenters. The summed E-state index contributed by atoms with van der Waals surface area (Å²) in [4.78, 5) is 27.7. The zero-order valence-electron chi connectivity index (χ0n) is 18.2. The number of hydrogen-bond donors (Lipinski definition) is 1. The van der Waals surface area contributed by atoms with Crippen molar-refractivity contribution >= 4 is 57.3 Å². The predicted molar refractivity (Wildman–Crippen MR) is 139 cm³/mol. The zero-order chi connectivity index (χ0) is 24.4. The summed E-state index contributed by atoms with van der Waals surface area (Å²) in [5.41, 5.74) is 2.21. The molecule has 3 aromatic carbocycles. The fourth-order valence-electron chi connectivity index (χ4n) is 3.82. The highest BCUT2D eigenvalue weighted by atomic mass is 35.5. The molecule has 9 heteroatoms. The van der Waals surface area contributed by atoms with Crippen molar-refractivity contribution < 1.29 is 14.7 Å². The van der Waals surface area contributed by atoms with Crippen molar-refractivity contribution in [1.82, 2.24) is 10.2 Å². The second-order valence-corrected chi connectivity index (χ2v) is 10.3. The minimum Gasteiger partial charge on any atom is -0.507 e. The Morgan fingerprint density at radius 3 is 2.29 bits per heavy atom. The number of aliphatic hydroxyl groups is 1. The number of nitrogens with zero attached hydrogens (tertiary/aromatic N) is 3. The van der Waals surface area contributed by atoms with E-state index < -0.39 is 17.7 Å². The van der Waals surface area contributed by atoms with E-state index in [1.165, 1.54) is 28.0 Å². The molecule has 6 nitrogen and oxygen atoms in total. The number of aliphatic hydroxyl groups excluding tert-OH is 1. The van der Waals surface area contributed by atoms with E-state index >= 15 is 0 Å². The minimum absolute atomic E-state index is 0.00258. The molecule has 174 valence electrons. The fourth-order valence-corrected chi connectivity index (χ4v) is 5.77. The van der Waals surface area contributed by atoms with Crippen LogP contribution >= 0.6 is 34.7 Å². The van der Waals surface area contributed by atoms with Crippen LogP contribution in [0.5, 0.6) is 0 Å². The van der Waals surface area contributed by atoms with Gasteiger partial charge in [0.2, 0.25) is 5.13 Å². The fraction of sp³-hybridized carbons (Fsp3) is 0.0769. The molecule has 1 saturated heterocycles. The molecule has 1 unspecified atom stereocenters. The van der Waals surface area contributed by atoms with Gasteiger partial charge in [0.05, 0.1) is 11.6 Å². The van der Waals surface area contributed by atoms with Crippen LogP contribution in [0.4, 0.5) is 5.13 Å². The van der Waals surface area contributed by atoms with Crippen LogP contribution in [0.1, 0.15) is 22.7 Å². The van der Waals surface area contributed by atoms with Crippen LogP contribution < -0.4 is 4.90 Å². The van der Waals surface area contributed by atoms with Crippen molar-refractivity contribution in [2.24, 2.45) is 0 Å². The second-order valence-electron chi connectivity index (χ2n) is 7.71. The van der Waals surface area contributed by atoms with Gasteiger partial charge in [-0.3, -0.25) is 14.5 Å². The number of thioether (sulfide) groups is 1. The lowest BCUT2D eigenvalue weighted by Gasteiger charge is -2.22. The molecular weight excluding hydrogens is 502 g/mol. The van der Waals surface area contributed by atoms with Gasteiger partial charge in [-0.05, 0) is 35.4 Å². The lowest BCUT2D eigenvalue weighted by atomic mass is 9.95. The molecule has 2 heterocycles. The van der Waals surface area contributed by atoms with Gasteiger partial charge >= 0.3 is 5.91 Å². The Bertz CT molecular complexity index is 1410. The number of anilines is 1. The number of amides is 1. The molecule has 1 fully saturated rings. The predicted octanol–water partition coefficient (Wildman–Crippen LogP) is 6.11. The first-order valence-electron chi connectivity index (χ1n) is 10.6. The van der Waals surface area contributed by atoms with Gasteiger partial charge in [-0.2, -0.15) is 0 Å². The highest BCUT2D eigenvalue weighted by Crippen LogP contribution is 2.44. The van der Waals surface area contributed by atoms with Gasteiger partial charge in [0.1, 0.15) is 5.76 Å². The molecule has 5 rings (SSSR count). The van der Waals surface area contributed by atoms with E-state index in [1.807, 2.05) is 60.7 Å². The lowest BCUT2D eigenvalue weighted by Crippen LogP contribution is -2.29. The van der Waals surface area contributed by atoms with Crippen molar-refractivity contribution in [1.29, 1.82) is 0 Å². The minimum atomic E-state index is -0.841. The van der Waals surface area contributed by atoms with Crippen LogP contribution in [0.25, 0.3) is 5.76 Å². The van der Waals surface area contributed by atoms with Crippen LogP contribution in [0.15, 0.2) is 94.8 Å². The van der Waals surface area contributed by atoms with Gasteiger partial charge in [-0.1, -0.05) is 95.4 Å². The molecule has 1 aliphatic heterocycles. The number of Topliss-reactive ketones (excluding diaryl/α,β-unsaturated/α-hetero) is 1. The van der Waals surface area contributed by atoms with Gasteiger partial charge < -0.3 is 5.11 Å². The standard InChI is InChI=1S/C26H18ClN3O3S2/c27-19-13-11-18(12-14-19)22(31)20-21(17-9-5-2-6-10-17)30(24(33)23(20)32)25-28-29-26(35-25)34-15-16-7-3-1-4-8-16/h1-14,21,31H,15H2/b22-20+. The summed E-state index contributed by atoms with van der Waals surface area (Å²) in [5.74, 6) is -1.10. The Hall–Kier alpha value is -3.46. The molecule has 1 N–H and O–H groups in total. The van der Waals surface area contributed by atoms with Crippen LogP contribution in [0, 0.1) is 0 Å². The average Bonchev–Trinajstić information content (AvgIpc) is 3.46. The Morgan fingerprint density at radius 1 is 0.943 bits per heavy atom. The average molecular weight is 520 g/mol. The number of benzene rings is 3. The van der Waals surface area contributed by atoms with Crippen molar-refractivity contribution in [3.8, 4) is 0 Å². The maximum absolute atomic E-state index is 13.2. The smallest absolute Gasteiger partial charge is 0.301 e. The monoisotopic (exact) mass is 519 g/mol. The maximum atomic E-state index is 13.2. The number of carbonyl (C=O) groups is 2. The quantitative estimate of drug-likeness (QED) is 0.109. The number of halogens is 1. The second kappa shape index (κ2) is 10.0. The molecule has 0 saturated carbocycles. The number of aromatic nitrogens is 2. The summed E-state index contributed by atoms with van der Waals surface area (Å²) in [6, 6.07) is 24.7. The van der Waals surface area contributed by atoms with Gasteiger partial charge in [-0.25, -0.2) is 0 Å².